The third-order valence-corrected chi connectivity index (χ3v) is 8.24. The Morgan fingerprint density at radius 1 is 1.20 bits per heavy atom. The van der Waals surface area contributed by atoms with E-state index in [0.29, 0.717) is 0 Å². The van der Waals surface area contributed by atoms with Crippen molar-refractivity contribution in [2.75, 3.05) is 12.3 Å². The minimum absolute atomic E-state index is 0.0325. The second-order valence-corrected chi connectivity index (χ2v) is 11.4. The van der Waals surface area contributed by atoms with E-state index in [9.17, 15) is 25.1 Å². The summed E-state index contributed by atoms with van der Waals surface area (Å²) < 4.78 is 37.8. The third-order valence-electron chi connectivity index (χ3n) is 6.62. The predicted octanol–water partition coefficient (Wildman–Crippen LogP) is 2.59. The molecule has 5 N–H and O–H groups in total. The number of carbonyl (C=O) groups is 1. The molecule has 1 saturated heterocycles. The molecule has 2 aromatic heterocycles. The molecule has 3 heterocycles. The number of aliphatic hydroxyl groups is 2. The zero-order chi connectivity index (χ0) is 31.3. The Bertz CT molecular complexity index is 1710. The van der Waals surface area contributed by atoms with Gasteiger partial charge in [-0.3, -0.25) is 13.9 Å². The summed E-state index contributed by atoms with van der Waals surface area (Å²) in [5.74, 6) is -0.591. The summed E-state index contributed by atoms with van der Waals surface area (Å²) in [5, 5.41) is 28.1. The van der Waals surface area contributed by atoms with E-state index in [1.54, 1.807) is 42.5 Å². The minimum Gasteiger partial charge on any atom is -0.460 e. The summed E-state index contributed by atoms with van der Waals surface area (Å²) in [6.07, 6.45) is -2.57. The van der Waals surface area contributed by atoms with E-state index in [0.717, 1.165) is 5.56 Å². The molecule has 0 saturated carbocycles. The van der Waals surface area contributed by atoms with Crippen LogP contribution in [-0.4, -0.2) is 66.3 Å². The Morgan fingerprint density at radius 3 is 2.61 bits per heavy atom. The van der Waals surface area contributed by atoms with Gasteiger partial charge in [-0.15, -0.1) is 0 Å². The highest BCUT2D eigenvalue weighted by molar-refractivity contribution is 7.52. The van der Waals surface area contributed by atoms with Gasteiger partial charge in [0.05, 0.1) is 12.9 Å². The maximum Gasteiger partial charge on any atom is 0.459 e. The van der Waals surface area contributed by atoms with Gasteiger partial charge in [0.15, 0.2) is 17.7 Å². The first-order valence-corrected chi connectivity index (χ1v) is 14.7. The minimum atomic E-state index is -4.50. The van der Waals surface area contributed by atoms with Crippen LogP contribution in [0.3, 0.4) is 0 Å². The van der Waals surface area contributed by atoms with Crippen molar-refractivity contribution in [3.05, 3.63) is 89.3 Å². The number of carbonyl (C=O) groups excluding carboxylic acids is 1. The fraction of sp³-hybridized carbons (Fsp3) is 0.308. The lowest BCUT2D eigenvalue weighted by molar-refractivity contribution is -0.146. The number of benzene rings is 2. The van der Waals surface area contributed by atoms with Gasteiger partial charge in [0.2, 0.25) is 5.72 Å². The summed E-state index contributed by atoms with van der Waals surface area (Å²) in [6, 6.07) is 15.7. The molecule has 44 heavy (non-hydrogen) atoms. The fourth-order valence-electron chi connectivity index (χ4n) is 4.39. The van der Waals surface area contributed by atoms with E-state index in [-0.39, 0.29) is 29.3 Å². The van der Waals surface area contributed by atoms with E-state index >= 15 is 0 Å². The van der Waals surface area contributed by atoms with Crippen molar-refractivity contribution in [1.82, 2.24) is 24.6 Å². The zero-order valence-corrected chi connectivity index (χ0v) is 24.0. The van der Waals surface area contributed by atoms with Crippen LogP contribution in [0.25, 0.3) is 21.6 Å². The highest BCUT2D eigenvalue weighted by atomic mass is 31.2. The topological polar surface area (TPSA) is 242 Å². The molecule has 1 aliphatic heterocycles. The summed E-state index contributed by atoms with van der Waals surface area (Å²) in [4.78, 5) is 27.6. The smallest absolute Gasteiger partial charge is 0.459 e. The molecule has 0 amide bonds. The molecule has 1 unspecified atom stereocenters. The Hall–Kier alpha value is -4.60. The highest BCUT2D eigenvalue weighted by Gasteiger charge is 2.56. The normalized spacial score (nSPS) is 23.4. The van der Waals surface area contributed by atoms with E-state index in [2.05, 4.69) is 30.1 Å². The van der Waals surface area contributed by atoms with Crippen LogP contribution in [0.5, 0.6) is 5.75 Å². The Kier molecular flexibility index (Phi) is 9.08. The second-order valence-electron chi connectivity index (χ2n) is 9.68. The lowest BCUT2D eigenvalue weighted by Crippen LogP contribution is -2.45. The fourth-order valence-corrected chi connectivity index (χ4v) is 5.90. The van der Waals surface area contributed by atoms with E-state index in [1.807, 2.05) is 6.07 Å². The van der Waals surface area contributed by atoms with Gasteiger partial charge in [0, 0.05) is 4.91 Å². The second kappa shape index (κ2) is 13.0. The van der Waals surface area contributed by atoms with E-state index < -0.39 is 50.5 Å². The zero-order valence-electron chi connectivity index (χ0n) is 23.2. The van der Waals surface area contributed by atoms with Crippen molar-refractivity contribution in [1.29, 1.82) is 0 Å². The monoisotopic (exact) mass is 625 g/mol. The van der Waals surface area contributed by atoms with Gasteiger partial charge in [0.1, 0.15) is 42.5 Å². The number of rotatable bonds is 12. The Labute approximate surface area is 249 Å². The van der Waals surface area contributed by atoms with Crippen LogP contribution < -0.4 is 15.3 Å². The maximum atomic E-state index is 14.0. The lowest BCUT2D eigenvalue weighted by atomic mass is 10.1. The number of anilines is 1. The summed E-state index contributed by atoms with van der Waals surface area (Å²) >= 11 is 0. The molecular formula is C26H28N9O8P. The number of para-hydroxylation sites is 1. The van der Waals surface area contributed by atoms with Crippen molar-refractivity contribution < 1.29 is 38.1 Å². The summed E-state index contributed by atoms with van der Waals surface area (Å²) in [5.41, 5.74) is 14.0. The van der Waals surface area contributed by atoms with Gasteiger partial charge in [0.25, 0.3) is 0 Å². The molecule has 4 aromatic rings. The van der Waals surface area contributed by atoms with Gasteiger partial charge in [-0.25, -0.2) is 19.5 Å². The average molecular weight is 626 g/mol. The van der Waals surface area contributed by atoms with Crippen LogP contribution in [0, 0.1) is 0 Å². The number of nitrogens with zero attached hydrogens (tertiary/aromatic N) is 7. The largest absolute Gasteiger partial charge is 0.460 e. The van der Waals surface area contributed by atoms with Gasteiger partial charge in [-0.05, 0) is 30.2 Å². The van der Waals surface area contributed by atoms with Crippen molar-refractivity contribution in [3.8, 4) is 5.75 Å². The predicted molar refractivity (Wildman–Crippen MR) is 153 cm³/mol. The van der Waals surface area contributed by atoms with Crippen LogP contribution in [0.1, 0.15) is 18.7 Å². The molecule has 0 radical (unpaired) electrons. The molecule has 17 nitrogen and oxygen atoms in total. The van der Waals surface area contributed by atoms with Crippen molar-refractivity contribution in [2.45, 2.75) is 43.7 Å². The van der Waals surface area contributed by atoms with Crippen LogP contribution in [0.15, 0.2) is 78.4 Å². The van der Waals surface area contributed by atoms with Crippen molar-refractivity contribution in [3.63, 3.8) is 0 Å². The van der Waals surface area contributed by atoms with Crippen molar-refractivity contribution >= 4 is 30.7 Å². The van der Waals surface area contributed by atoms with Gasteiger partial charge in [-0.1, -0.05) is 53.6 Å². The quantitative estimate of drug-likeness (QED) is 0.0582. The molecule has 0 aliphatic carbocycles. The standard InChI is InChI=1S/C26H28N9O8P/c1-16(25(38)40-12-17-8-4-2-5-9-17)32-44(39,43-18-10-6-3-7-11-18)41-13-26(33-34-28)21(37)20(36)24(42-26)35-15-31-19-22(27)29-14-30-23(19)35/h2-11,14-16,20-21,24,36-37H,12-13H2,1H3,(H,32,39)(H2,27,29,30)/t16-,20+,21-,24+,26+,44?/m0/s1. The number of azide groups is 1. The lowest BCUT2D eigenvalue weighted by Gasteiger charge is -2.29. The number of nitrogens with two attached hydrogens (primary N) is 1. The first kappa shape index (κ1) is 30.8. The molecule has 2 aromatic carbocycles. The van der Waals surface area contributed by atoms with Gasteiger partial charge in [-0.2, -0.15) is 5.09 Å². The van der Waals surface area contributed by atoms with Crippen molar-refractivity contribution in [2.24, 2.45) is 5.11 Å². The molecule has 0 spiro atoms. The van der Waals surface area contributed by atoms with Gasteiger partial charge >= 0.3 is 13.7 Å². The number of ether oxygens (including phenoxy) is 2. The SMILES string of the molecule is C[C@H](NP(=O)(OC[C@@]1(N=[N+]=[N-])O[C@@H](n2cnc3c(N)ncnc32)[C@H](O)[C@@H]1O)Oc1ccccc1)C(=O)OCc1ccccc1. The first-order chi connectivity index (χ1) is 21.1. The Balaban J connectivity index is 1.37. The average Bonchev–Trinajstić information content (AvgIpc) is 3.56. The maximum absolute atomic E-state index is 14.0. The molecule has 6 atom stereocenters. The third kappa shape index (κ3) is 6.49. The highest BCUT2D eigenvalue weighted by Crippen LogP contribution is 2.48. The number of nitrogens with one attached hydrogen (secondary N) is 1. The molecule has 18 heteroatoms. The van der Waals surface area contributed by atoms with Gasteiger partial charge < -0.3 is 29.9 Å². The molecule has 5 rings (SSSR count). The summed E-state index contributed by atoms with van der Waals surface area (Å²) in [6.45, 7) is 0.465. The molecule has 230 valence electrons. The van der Waals surface area contributed by atoms with Crippen LogP contribution in [-0.2, 0) is 30.0 Å². The summed E-state index contributed by atoms with van der Waals surface area (Å²) in [7, 11) is -4.50. The Morgan fingerprint density at radius 2 is 1.91 bits per heavy atom. The number of aromatic nitrogens is 4. The molecule has 1 aliphatic rings. The van der Waals surface area contributed by atoms with Crippen LogP contribution in [0.4, 0.5) is 5.82 Å². The van der Waals surface area contributed by atoms with Crippen LogP contribution in [0.2, 0.25) is 0 Å². The van der Waals surface area contributed by atoms with E-state index in [1.165, 1.54) is 36.3 Å². The number of esters is 1. The number of hydrogen-bond acceptors (Lipinski definition) is 13. The molecular weight excluding hydrogens is 597 g/mol. The first-order valence-electron chi connectivity index (χ1n) is 13.2. The number of fused-ring (bicyclic) bond motifs is 1. The molecule has 0 bridgehead atoms. The molecule has 1 fully saturated rings. The number of imidazole rings is 1. The number of hydrogen-bond donors (Lipinski definition) is 4. The number of nitrogen functional groups attached to an aromatic ring is 1. The van der Waals surface area contributed by atoms with E-state index in [4.69, 9.17) is 24.3 Å². The van der Waals surface area contributed by atoms with Crippen LogP contribution >= 0.6 is 7.75 Å². The number of aliphatic hydroxyl groups excluding tert-OH is 2.